The molecule has 5 rings (SSSR count). The van der Waals surface area contributed by atoms with E-state index in [0.717, 1.165) is 24.5 Å². The molecule has 4 nitrogen and oxygen atoms in total. The zero-order chi connectivity index (χ0) is 32.8. The van der Waals surface area contributed by atoms with Gasteiger partial charge in [0.05, 0.1) is 15.9 Å². The van der Waals surface area contributed by atoms with Gasteiger partial charge in [-0.15, -0.1) is 0 Å². The topological polar surface area (TPSA) is 74.3 Å². The molecule has 0 aliphatic carbocycles. The van der Waals surface area contributed by atoms with Gasteiger partial charge in [-0.25, -0.2) is 17.2 Å². The molecule has 0 atom stereocenters. The maximum Gasteiger partial charge on any atom is 0.485 e. The highest BCUT2D eigenvalue weighted by Gasteiger charge is 2.37. The van der Waals surface area contributed by atoms with Crippen LogP contribution in [-0.2, 0) is 21.0 Å². The van der Waals surface area contributed by atoms with Gasteiger partial charge in [0.2, 0.25) is 0 Å². The normalized spacial score (nSPS) is 11.6. The van der Waals surface area contributed by atoms with Crippen LogP contribution in [0.1, 0.15) is 15.9 Å². The fourth-order valence-corrected chi connectivity index (χ4v) is 6.88. The molecule has 0 unspecified atom stereocenters. The monoisotopic (exact) mass is 694 g/mol. The fourth-order valence-electron chi connectivity index (χ4n) is 3.80. The molecular weight excluding hydrogens is 675 g/mol. The summed E-state index contributed by atoms with van der Waals surface area (Å²) in [5, 5.41) is 0.436. The van der Waals surface area contributed by atoms with E-state index in [1.165, 1.54) is 24.3 Å². The highest BCUT2D eigenvalue weighted by molar-refractivity contribution is 7.99. The standard InChI is InChI=1S/C31H20ClF2OS2.CHF3O3S/c32-30-4-2-1-3-29(30)31(35)21-5-11-24(12-6-21)36-25-13-19-28(20-14-25)37(26-15-7-22(33)8-16-26)27-17-9-23(34)10-18-27;2-1(3,4)8(5,6)7/h1-20H;(H,5,6,7)/q+1;/p-1. The van der Waals surface area contributed by atoms with Gasteiger partial charge in [0.15, 0.2) is 30.6 Å². The first-order valence-corrected chi connectivity index (χ1v) is 16.5. The number of carbonyl (C=O) groups is 1. The molecule has 0 amide bonds. The van der Waals surface area contributed by atoms with Crippen LogP contribution in [0.15, 0.2) is 146 Å². The summed E-state index contributed by atoms with van der Waals surface area (Å²) < 4.78 is 86.0. The molecule has 0 fully saturated rings. The fraction of sp³-hybridized carbons (Fsp3) is 0.0312. The van der Waals surface area contributed by atoms with E-state index in [2.05, 4.69) is 0 Å². The van der Waals surface area contributed by atoms with Gasteiger partial charge in [0, 0.05) is 20.9 Å². The second-order valence-electron chi connectivity index (χ2n) is 9.02. The third-order valence-corrected chi connectivity index (χ3v) is 10.1. The molecule has 0 heterocycles. The number of rotatable bonds is 7. The Kier molecular flexibility index (Phi) is 11.1. The van der Waals surface area contributed by atoms with E-state index in [-0.39, 0.29) is 17.4 Å². The van der Waals surface area contributed by atoms with Crippen LogP contribution < -0.4 is 0 Å². The molecule has 0 spiro atoms. The van der Waals surface area contributed by atoms with Gasteiger partial charge >= 0.3 is 5.51 Å². The van der Waals surface area contributed by atoms with Crippen molar-refractivity contribution in [2.24, 2.45) is 0 Å². The van der Waals surface area contributed by atoms with Crippen LogP contribution in [0.3, 0.4) is 0 Å². The van der Waals surface area contributed by atoms with E-state index in [9.17, 15) is 26.7 Å². The van der Waals surface area contributed by atoms with Crippen LogP contribution in [0.2, 0.25) is 5.02 Å². The molecule has 0 N–H and O–H groups in total. The van der Waals surface area contributed by atoms with Crippen molar-refractivity contribution in [3.05, 3.63) is 149 Å². The number of benzene rings is 5. The Labute approximate surface area is 268 Å². The third-order valence-electron chi connectivity index (χ3n) is 5.91. The second-order valence-corrected chi connectivity index (χ2v) is 14.0. The van der Waals surface area contributed by atoms with Gasteiger partial charge < -0.3 is 4.55 Å². The van der Waals surface area contributed by atoms with Gasteiger partial charge in [0.25, 0.3) is 0 Å². The average Bonchev–Trinajstić information content (AvgIpc) is 3.00. The molecule has 0 radical (unpaired) electrons. The van der Waals surface area contributed by atoms with E-state index in [4.69, 9.17) is 24.6 Å². The van der Waals surface area contributed by atoms with Gasteiger partial charge in [-0.3, -0.25) is 4.79 Å². The number of hydrogen-bond donors (Lipinski definition) is 0. The van der Waals surface area contributed by atoms with E-state index in [1.807, 2.05) is 48.5 Å². The number of hydrogen-bond acceptors (Lipinski definition) is 5. The zero-order valence-electron chi connectivity index (χ0n) is 22.7. The summed E-state index contributed by atoms with van der Waals surface area (Å²) in [4.78, 5) is 17.8. The maximum absolute atomic E-state index is 13.6. The van der Waals surface area contributed by atoms with Crippen molar-refractivity contribution in [3.63, 3.8) is 0 Å². The summed E-state index contributed by atoms with van der Waals surface area (Å²) in [6.07, 6.45) is 0. The van der Waals surface area contributed by atoms with Crippen LogP contribution >= 0.6 is 23.4 Å². The maximum atomic E-state index is 13.6. The SMILES string of the molecule is O=C(c1ccc(Sc2ccc([S+](c3ccc(F)cc3)c3ccc(F)cc3)cc2)cc1)c1ccccc1Cl.O=S(=O)([O-])C(F)(F)F. The number of alkyl halides is 3. The molecule has 0 aromatic heterocycles. The summed E-state index contributed by atoms with van der Waals surface area (Å²) >= 11 is 7.77. The summed E-state index contributed by atoms with van der Waals surface area (Å²) in [7, 11) is -6.60. The van der Waals surface area contributed by atoms with Crippen LogP contribution in [0, 0.1) is 11.6 Å². The van der Waals surface area contributed by atoms with Crippen molar-refractivity contribution in [2.75, 3.05) is 0 Å². The molecular formula is C32H20ClF5O4S3. The Hall–Kier alpha value is -3.68. The van der Waals surface area contributed by atoms with Gasteiger partial charge in [0.1, 0.15) is 11.6 Å². The molecule has 5 aromatic carbocycles. The second kappa shape index (κ2) is 14.6. The Bertz CT molecular complexity index is 1820. The van der Waals surface area contributed by atoms with E-state index < -0.39 is 26.5 Å². The van der Waals surface area contributed by atoms with Gasteiger partial charge in [-0.2, -0.15) is 13.2 Å². The largest absolute Gasteiger partial charge is 0.741 e. The molecule has 0 bridgehead atoms. The number of ketones is 1. The predicted molar refractivity (Wildman–Crippen MR) is 163 cm³/mol. The summed E-state index contributed by atoms with van der Waals surface area (Å²) in [5.74, 6) is -0.699. The molecule has 232 valence electrons. The summed E-state index contributed by atoms with van der Waals surface area (Å²) in [6, 6.07) is 35.5. The Morgan fingerprint density at radius 2 is 1.04 bits per heavy atom. The van der Waals surface area contributed by atoms with Crippen molar-refractivity contribution in [3.8, 4) is 0 Å². The van der Waals surface area contributed by atoms with E-state index in [1.54, 1.807) is 60.3 Å². The van der Waals surface area contributed by atoms with Crippen molar-refractivity contribution in [2.45, 2.75) is 30.0 Å². The van der Waals surface area contributed by atoms with Gasteiger partial charge in [-0.1, -0.05) is 35.5 Å². The smallest absolute Gasteiger partial charge is 0.485 e. The first-order valence-electron chi connectivity index (χ1n) is 12.7. The lowest BCUT2D eigenvalue weighted by Gasteiger charge is -2.09. The molecule has 45 heavy (non-hydrogen) atoms. The van der Waals surface area contributed by atoms with E-state index in [0.29, 0.717) is 16.1 Å². The minimum atomic E-state index is -6.09. The predicted octanol–water partition coefficient (Wildman–Crippen LogP) is 9.15. The highest BCUT2D eigenvalue weighted by Crippen LogP contribution is 2.34. The number of carbonyl (C=O) groups excluding carboxylic acids is 1. The zero-order valence-corrected chi connectivity index (χ0v) is 25.9. The summed E-state index contributed by atoms with van der Waals surface area (Å²) in [5.41, 5.74) is -4.58. The average molecular weight is 695 g/mol. The Balaban J connectivity index is 0.000000510. The van der Waals surface area contributed by atoms with Gasteiger partial charge in [-0.05, 0) is 109 Å². The quantitative estimate of drug-likeness (QED) is 0.0559. The van der Waals surface area contributed by atoms with Crippen LogP contribution in [0.25, 0.3) is 0 Å². The Morgan fingerprint density at radius 3 is 1.44 bits per heavy atom. The Morgan fingerprint density at radius 1 is 0.667 bits per heavy atom. The molecule has 13 heteroatoms. The molecule has 0 saturated carbocycles. The van der Waals surface area contributed by atoms with Crippen LogP contribution in [0.5, 0.6) is 0 Å². The van der Waals surface area contributed by atoms with Crippen molar-refractivity contribution < 1.29 is 39.7 Å². The number of halogens is 6. The minimum absolute atomic E-state index is 0.111. The summed E-state index contributed by atoms with van der Waals surface area (Å²) in [6.45, 7) is 0. The van der Waals surface area contributed by atoms with Crippen molar-refractivity contribution >= 4 is 50.2 Å². The molecule has 0 aliphatic heterocycles. The minimum Gasteiger partial charge on any atom is -0.741 e. The first kappa shape index (κ1) is 34.2. The molecule has 0 saturated heterocycles. The van der Waals surface area contributed by atoms with Crippen LogP contribution in [0.4, 0.5) is 22.0 Å². The third kappa shape index (κ3) is 9.18. The lowest BCUT2D eigenvalue weighted by molar-refractivity contribution is -0.0517. The van der Waals surface area contributed by atoms with Crippen molar-refractivity contribution in [1.82, 2.24) is 0 Å². The molecule has 5 aromatic rings. The van der Waals surface area contributed by atoms with E-state index >= 15 is 0 Å². The lowest BCUT2D eigenvalue weighted by Crippen LogP contribution is -2.21. The molecule has 0 aliphatic rings. The lowest BCUT2D eigenvalue weighted by atomic mass is 10.0. The van der Waals surface area contributed by atoms with Crippen molar-refractivity contribution in [1.29, 1.82) is 0 Å². The van der Waals surface area contributed by atoms with Crippen LogP contribution in [-0.4, -0.2) is 24.3 Å². The first-order chi connectivity index (χ1) is 21.2. The highest BCUT2D eigenvalue weighted by atomic mass is 35.5.